The van der Waals surface area contributed by atoms with E-state index in [0.29, 0.717) is 16.7 Å². The molecule has 1 atom stereocenters. The largest absolute Gasteiger partial charge is 0.459 e. The molecule has 2 aromatic carbocycles. The minimum absolute atomic E-state index is 0.0726. The van der Waals surface area contributed by atoms with E-state index in [0.717, 1.165) is 16.5 Å². The highest BCUT2D eigenvalue weighted by Gasteiger charge is 2.21. The van der Waals surface area contributed by atoms with E-state index >= 15 is 0 Å². The molecular formula is C22H21N3O3. The summed E-state index contributed by atoms with van der Waals surface area (Å²) in [5, 5.41) is 1.51. The molecule has 142 valence electrons. The van der Waals surface area contributed by atoms with Gasteiger partial charge in [-0.1, -0.05) is 30.3 Å². The highest BCUT2D eigenvalue weighted by molar-refractivity contribution is 5.81. The molecule has 4 rings (SSSR count). The van der Waals surface area contributed by atoms with Gasteiger partial charge in [-0.25, -0.2) is 4.98 Å². The zero-order valence-electron chi connectivity index (χ0n) is 16.0. The second-order valence-electron chi connectivity index (χ2n) is 7.02. The molecule has 4 aromatic rings. The van der Waals surface area contributed by atoms with Crippen molar-refractivity contribution in [3.63, 3.8) is 0 Å². The number of fused-ring (bicyclic) bond motifs is 2. The smallest absolute Gasteiger partial charge is 0.261 e. The lowest BCUT2D eigenvalue weighted by Gasteiger charge is -2.23. The molecule has 0 saturated heterocycles. The molecule has 0 spiro atoms. The van der Waals surface area contributed by atoms with Gasteiger partial charge in [0.05, 0.1) is 23.3 Å². The van der Waals surface area contributed by atoms with Gasteiger partial charge in [0.15, 0.2) is 0 Å². The minimum Gasteiger partial charge on any atom is -0.459 e. The van der Waals surface area contributed by atoms with Crippen LogP contribution in [0.5, 0.6) is 0 Å². The fourth-order valence-electron chi connectivity index (χ4n) is 3.32. The molecule has 2 heterocycles. The Morgan fingerprint density at radius 1 is 1.21 bits per heavy atom. The summed E-state index contributed by atoms with van der Waals surface area (Å²) in [5.74, 6) is 0.514. The standard InChI is InChI=1S/C22H21N3O3/c1-14-7-6-9-17-21(14)23-13-25(22(17)27)12-20(26)24(3)15(2)19-11-16-8-4-5-10-18(16)28-19/h4-11,13,15H,12H2,1-3H3/t15-/m1/s1. The van der Waals surface area contributed by atoms with E-state index in [4.69, 9.17) is 4.42 Å². The molecule has 0 fully saturated rings. The van der Waals surface area contributed by atoms with Gasteiger partial charge < -0.3 is 9.32 Å². The number of rotatable bonds is 4. The number of carbonyl (C=O) groups excluding carboxylic acids is 1. The van der Waals surface area contributed by atoms with Crippen LogP contribution in [0.3, 0.4) is 0 Å². The topological polar surface area (TPSA) is 68.3 Å². The van der Waals surface area contributed by atoms with Gasteiger partial charge in [0.1, 0.15) is 17.9 Å². The summed E-state index contributed by atoms with van der Waals surface area (Å²) in [4.78, 5) is 31.5. The van der Waals surface area contributed by atoms with Gasteiger partial charge in [-0.3, -0.25) is 14.2 Å². The van der Waals surface area contributed by atoms with Crippen molar-refractivity contribution in [1.82, 2.24) is 14.5 Å². The number of likely N-dealkylation sites (N-methyl/N-ethyl adjacent to an activating group) is 1. The Bertz CT molecular complexity index is 1210. The van der Waals surface area contributed by atoms with E-state index in [-0.39, 0.29) is 24.1 Å². The summed E-state index contributed by atoms with van der Waals surface area (Å²) < 4.78 is 7.22. The number of aryl methyl sites for hydroxylation is 1. The number of aromatic nitrogens is 2. The number of hydrogen-bond acceptors (Lipinski definition) is 4. The molecule has 6 nitrogen and oxygen atoms in total. The van der Waals surface area contributed by atoms with Crippen LogP contribution in [0.2, 0.25) is 0 Å². The third-order valence-corrected chi connectivity index (χ3v) is 5.19. The van der Waals surface area contributed by atoms with E-state index in [2.05, 4.69) is 4.98 Å². The Labute approximate surface area is 162 Å². The predicted octanol–water partition coefficient (Wildman–Crippen LogP) is 3.67. The number of hydrogen-bond donors (Lipinski definition) is 0. The first kappa shape index (κ1) is 18.0. The average Bonchev–Trinajstić information content (AvgIpc) is 3.13. The van der Waals surface area contributed by atoms with E-state index in [1.54, 1.807) is 18.0 Å². The maximum absolute atomic E-state index is 12.8. The van der Waals surface area contributed by atoms with E-state index in [1.807, 2.05) is 56.3 Å². The third-order valence-electron chi connectivity index (χ3n) is 5.19. The minimum atomic E-state index is -0.258. The quantitative estimate of drug-likeness (QED) is 0.546. The van der Waals surface area contributed by atoms with E-state index in [9.17, 15) is 9.59 Å². The molecule has 6 heteroatoms. The van der Waals surface area contributed by atoms with Gasteiger partial charge in [0.25, 0.3) is 5.56 Å². The van der Waals surface area contributed by atoms with Crippen molar-refractivity contribution in [3.05, 3.63) is 76.5 Å². The fraction of sp³-hybridized carbons (Fsp3) is 0.227. The molecule has 0 radical (unpaired) electrons. The lowest BCUT2D eigenvalue weighted by Crippen LogP contribution is -2.35. The van der Waals surface area contributed by atoms with Crippen molar-refractivity contribution in [2.24, 2.45) is 0 Å². The Morgan fingerprint density at radius 3 is 2.79 bits per heavy atom. The molecule has 0 N–H and O–H groups in total. The second-order valence-corrected chi connectivity index (χ2v) is 7.02. The Hall–Kier alpha value is -3.41. The van der Waals surface area contributed by atoms with Crippen LogP contribution in [0, 0.1) is 6.92 Å². The van der Waals surface area contributed by atoms with Crippen LogP contribution in [0.15, 0.2) is 64.1 Å². The van der Waals surface area contributed by atoms with Gasteiger partial charge in [-0.05, 0) is 37.6 Å². The van der Waals surface area contributed by atoms with Gasteiger partial charge in [0.2, 0.25) is 5.91 Å². The van der Waals surface area contributed by atoms with E-state index in [1.165, 1.54) is 10.9 Å². The van der Waals surface area contributed by atoms with Crippen molar-refractivity contribution in [3.8, 4) is 0 Å². The van der Waals surface area contributed by atoms with E-state index < -0.39 is 0 Å². The maximum Gasteiger partial charge on any atom is 0.261 e. The number of carbonyl (C=O) groups is 1. The molecule has 0 unspecified atom stereocenters. The van der Waals surface area contributed by atoms with Gasteiger partial charge >= 0.3 is 0 Å². The zero-order chi connectivity index (χ0) is 19.8. The number of para-hydroxylation sites is 2. The Balaban J connectivity index is 1.58. The lowest BCUT2D eigenvalue weighted by molar-refractivity contribution is -0.132. The molecule has 0 bridgehead atoms. The van der Waals surface area contributed by atoms with Gasteiger partial charge in [-0.15, -0.1) is 0 Å². The maximum atomic E-state index is 12.8. The fourth-order valence-corrected chi connectivity index (χ4v) is 3.32. The van der Waals surface area contributed by atoms with Gasteiger partial charge in [0, 0.05) is 12.4 Å². The first-order valence-electron chi connectivity index (χ1n) is 9.14. The Morgan fingerprint density at radius 2 is 2.00 bits per heavy atom. The average molecular weight is 375 g/mol. The third kappa shape index (κ3) is 3.07. The van der Waals surface area contributed by atoms with Crippen molar-refractivity contribution in [1.29, 1.82) is 0 Å². The van der Waals surface area contributed by atoms with Crippen LogP contribution in [-0.4, -0.2) is 27.4 Å². The molecule has 28 heavy (non-hydrogen) atoms. The molecule has 0 aliphatic carbocycles. The highest BCUT2D eigenvalue weighted by atomic mass is 16.3. The van der Waals surface area contributed by atoms with Crippen LogP contribution in [0.4, 0.5) is 0 Å². The normalized spacial score (nSPS) is 12.4. The lowest BCUT2D eigenvalue weighted by atomic mass is 10.1. The van der Waals surface area contributed by atoms with Crippen LogP contribution in [0.1, 0.15) is 24.3 Å². The van der Waals surface area contributed by atoms with Crippen LogP contribution >= 0.6 is 0 Å². The van der Waals surface area contributed by atoms with Crippen molar-refractivity contribution < 1.29 is 9.21 Å². The predicted molar refractivity (Wildman–Crippen MR) is 108 cm³/mol. The summed E-state index contributed by atoms with van der Waals surface area (Å²) >= 11 is 0. The summed E-state index contributed by atoms with van der Waals surface area (Å²) in [6.45, 7) is 3.74. The first-order chi connectivity index (χ1) is 13.5. The number of amides is 1. The highest BCUT2D eigenvalue weighted by Crippen LogP contribution is 2.26. The van der Waals surface area contributed by atoms with Crippen molar-refractivity contribution in [2.75, 3.05) is 7.05 Å². The second kappa shape index (κ2) is 6.96. The van der Waals surface area contributed by atoms with Gasteiger partial charge in [-0.2, -0.15) is 0 Å². The molecule has 0 aliphatic rings. The first-order valence-corrected chi connectivity index (χ1v) is 9.14. The summed E-state index contributed by atoms with van der Waals surface area (Å²) in [6, 6.07) is 14.9. The number of benzene rings is 2. The molecule has 0 saturated carbocycles. The van der Waals surface area contributed by atoms with Crippen LogP contribution < -0.4 is 5.56 Å². The van der Waals surface area contributed by atoms with Crippen LogP contribution in [-0.2, 0) is 11.3 Å². The molecular weight excluding hydrogens is 354 g/mol. The molecule has 0 aliphatic heterocycles. The van der Waals surface area contributed by atoms with Crippen molar-refractivity contribution in [2.45, 2.75) is 26.4 Å². The van der Waals surface area contributed by atoms with Crippen molar-refractivity contribution >= 4 is 27.8 Å². The molecule has 1 amide bonds. The van der Waals surface area contributed by atoms with Crippen LogP contribution in [0.25, 0.3) is 21.9 Å². The summed E-state index contributed by atoms with van der Waals surface area (Å²) in [5.41, 5.74) is 2.17. The monoisotopic (exact) mass is 375 g/mol. The molecule has 2 aromatic heterocycles. The number of nitrogens with zero attached hydrogens (tertiary/aromatic N) is 3. The summed E-state index contributed by atoms with van der Waals surface area (Å²) in [7, 11) is 1.71. The zero-order valence-corrected chi connectivity index (χ0v) is 16.0. The SMILES string of the molecule is Cc1cccc2c(=O)n(CC(=O)N(C)[C@H](C)c3cc4ccccc4o3)cnc12. The summed E-state index contributed by atoms with van der Waals surface area (Å²) in [6.07, 6.45) is 1.44. The Kier molecular flexibility index (Phi) is 4.47. The number of furan rings is 1.